The van der Waals surface area contributed by atoms with Crippen LogP contribution in [0.1, 0.15) is 64.8 Å². The summed E-state index contributed by atoms with van der Waals surface area (Å²) in [7, 11) is 1.98. The van der Waals surface area contributed by atoms with Crippen molar-refractivity contribution in [3.63, 3.8) is 0 Å². The van der Waals surface area contributed by atoms with Crippen molar-refractivity contribution >= 4 is 33.8 Å². The van der Waals surface area contributed by atoms with Gasteiger partial charge in [0.1, 0.15) is 23.9 Å². The lowest BCUT2D eigenvalue weighted by Crippen LogP contribution is -2.40. The third kappa shape index (κ3) is 5.33. The molecule has 43 heavy (non-hydrogen) atoms. The number of likely N-dealkylation sites (tertiary alicyclic amines) is 2. The van der Waals surface area contributed by atoms with E-state index >= 15 is 0 Å². The fourth-order valence-electron chi connectivity index (χ4n) is 6.31. The van der Waals surface area contributed by atoms with Gasteiger partial charge in [-0.25, -0.2) is 9.97 Å². The van der Waals surface area contributed by atoms with Crippen LogP contribution in [0.3, 0.4) is 0 Å². The molecule has 2 aromatic carbocycles. The first-order chi connectivity index (χ1) is 21.0. The van der Waals surface area contributed by atoms with Gasteiger partial charge in [-0.05, 0) is 74.6 Å². The number of carbonyl (C=O) groups excluding carboxylic acids is 2. The second-order valence-corrected chi connectivity index (χ2v) is 11.5. The highest BCUT2D eigenvalue weighted by atomic mass is 16.5. The molecule has 3 aromatic heterocycles. The van der Waals surface area contributed by atoms with E-state index < -0.39 is 0 Å². The van der Waals surface area contributed by atoms with Crippen LogP contribution in [0.25, 0.3) is 21.9 Å². The second-order valence-electron chi connectivity index (χ2n) is 11.5. The number of rotatable bonds is 6. The molecule has 0 N–H and O–H groups in total. The molecule has 2 fully saturated rings. The zero-order valence-corrected chi connectivity index (χ0v) is 24.4. The number of hydrogen-bond acceptors (Lipinski definition) is 6. The zero-order valence-electron chi connectivity index (χ0n) is 24.4. The molecular weight excluding hydrogens is 542 g/mol. The number of fused-ring (bicyclic) bond motifs is 2. The van der Waals surface area contributed by atoms with Crippen LogP contribution < -0.4 is 4.74 Å². The van der Waals surface area contributed by atoms with Gasteiger partial charge in [-0.3, -0.25) is 14.3 Å². The number of para-hydroxylation sites is 2. The van der Waals surface area contributed by atoms with Gasteiger partial charge in [0.05, 0.1) is 28.2 Å². The average molecular weight is 578 g/mol. The van der Waals surface area contributed by atoms with E-state index in [4.69, 9.17) is 14.7 Å². The Bertz CT molecular complexity index is 1780. The van der Waals surface area contributed by atoms with Crippen molar-refractivity contribution in [2.45, 2.75) is 44.8 Å². The Balaban J connectivity index is 1.17. The molecule has 2 amide bonds. The number of imidazole rings is 1. The number of ether oxygens (including phenoxy) is 1. The summed E-state index contributed by atoms with van der Waals surface area (Å²) in [5.74, 6) is 1.22. The molecule has 5 heterocycles. The Hall–Kier alpha value is -4.73. The number of pyridine rings is 1. The summed E-state index contributed by atoms with van der Waals surface area (Å²) >= 11 is 0. The summed E-state index contributed by atoms with van der Waals surface area (Å²) in [4.78, 5) is 40.8. The fraction of sp³-hybridized carbons (Fsp3) is 0.364. The molecular formula is C33H35N7O3. The summed E-state index contributed by atoms with van der Waals surface area (Å²) in [6.07, 6.45) is 8.51. The first kappa shape index (κ1) is 27.1. The summed E-state index contributed by atoms with van der Waals surface area (Å²) in [5.41, 5.74) is 3.37. The van der Waals surface area contributed by atoms with Gasteiger partial charge < -0.3 is 19.1 Å². The number of aryl methyl sites for hydroxylation is 1. The maximum Gasteiger partial charge on any atom is 0.272 e. The summed E-state index contributed by atoms with van der Waals surface area (Å²) in [5, 5.41) is 5.06. The molecule has 0 aliphatic carbocycles. The van der Waals surface area contributed by atoms with Gasteiger partial charge in [0, 0.05) is 51.0 Å². The number of nitrogens with zero attached hydrogens (tertiary/aromatic N) is 7. The minimum atomic E-state index is -0.143. The van der Waals surface area contributed by atoms with Gasteiger partial charge in [0.25, 0.3) is 11.8 Å². The number of benzene rings is 2. The van der Waals surface area contributed by atoms with Crippen LogP contribution in [-0.2, 0) is 13.7 Å². The van der Waals surface area contributed by atoms with Crippen LogP contribution in [0.15, 0.2) is 67.0 Å². The Labute approximate surface area is 249 Å². The number of piperidine rings is 2. The maximum atomic E-state index is 13.9. The minimum absolute atomic E-state index is 0.0639. The van der Waals surface area contributed by atoms with Crippen molar-refractivity contribution in [1.29, 1.82) is 0 Å². The first-order valence-electron chi connectivity index (χ1n) is 15.1. The standard InChI is InChI=1S/C33H35N7O3/c1-37-30-9-4-3-8-28(30)36-31(37)22-43-24-10-11-27-25(20-24)26(32(41)38-15-5-2-6-16-38)21-29(35-27)33(42)39-18-12-23(13-19-39)40-17-7-14-34-40/h3-4,7-11,14,17,20-21,23H,2,5-6,12-13,15-16,18-19,22H2,1H3. The van der Waals surface area contributed by atoms with E-state index in [0.29, 0.717) is 41.0 Å². The van der Waals surface area contributed by atoms with Gasteiger partial charge in [-0.15, -0.1) is 0 Å². The van der Waals surface area contributed by atoms with Gasteiger partial charge in [-0.2, -0.15) is 5.10 Å². The summed E-state index contributed by atoms with van der Waals surface area (Å²) < 4.78 is 10.2. The number of hydrogen-bond donors (Lipinski definition) is 0. The zero-order chi connectivity index (χ0) is 29.3. The molecule has 0 spiro atoms. The Kier molecular flexibility index (Phi) is 7.26. The van der Waals surface area contributed by atoms with Crippen molar-refractivity contribution in [2.24, 2.45) is 7.05 Å². The van der Waals surface area contributed by atoms with Crippen molar-refractivity contribution < 1.29 is 14.3 Å². The van der Waals surface area contributed by atoms with Crippen molar-refractivity contribution in [1.82, 2.24) is 34.1 Å². The van der Waals surface area contributed by atoms with Crippen LogP contribution in [0, 0.1) is 0 Å². The lowest BCUT2D eigenvalue weighted by molar-refractivity contribution is 0.0684. The van der Waals surface area contributed by atoms with E-state index in [-0.39, 0.29) is 24.5 Å². The highest BCUT2D eigenvalue weighted by Crippen LogP contribution is 2.29. The molecule has 220 valence electrons. The van der Waals surface area contributed by atoms with Crippen LogP contribution >= 0.6 is 0 Å². The molecule has 0 radical (unpaired) electrons. The lowest BCUT2D eigenvalue weighted by atomic mass is 10.0. The Morgan fingerprint density at radius 2 is 1.65 bits per heavy atom. The Morgan fingerprint density at radius 1 is 0.860 bits per heavy atom. The monoisotopic (exact) mass is 577 g/mol. The average Bonchev–Trinajstić information content (AvgIpc) is 3.71. The SMILES string of the molecule is Cn1c(COc2ccc3nc(C(=O)N4CCC(n5cccn5)CC4)cc(C(=O)N4CCCCC4)c3c2)nc2ccccc21. The molecule has 7 rings (SSSR count). The fourth-order valence-corrected chi connectivity index (χ4v) is 6.31. The van der Waals surface area contributed by atoms with Crippen molar-refractivity contribution in [2.75, 3.05) is 26.2 Å². The first-order valence-corrected chi connectivity index (χ1v) is 15.1. The molecule has 10 nitrogen and oxygen atoms in total. The number of amides is 2. The molecule has 0 bridgehead atoms. The van der Waals surface area contributed by atoms with E-state index in [1.54, 1.807) is 12.3 Å². The third-order valence-electron chi connectivity index (χ3n) is 8.77. The molecule has 0 saturated carbocycles. The highest BCUT2D eigenvalue weighted by molar-refractivity contribution is 6.09. The second kappa shape index (κ2) is 11.5. The van der Waals surface area contributed by atoms with Crippen LogP contribution in [0.4, 0.5) is 0 Å². The predicted molar refractivity (Wildman–Crippen MR) is 163 cm³/mol. The van der Waals surface area contributed by atoms with Crippen LogP contribution in [0.5, 0.6) is 5.75 Å². The molecule has 2 aliphatic rings. The largest absolute Gasteiger partial charge is 0.486 e. The van der Waals surface area contributed by atoms with E-state index in [0.717, 1.165) is 62.1 Å². The van der Waals surface area contributed by atoms with Crippen molar-refractivity contribution in [3.05, 3.63) is 84.1 Å². The summed E-state index contributed by atoms with van der Waals surface area (Å²) in [6.45, 7) is 2.96. The molecule has 2 aliphatic heterocycles. The van der Waals surface area contributed by atoms with E-state index in [2.05, 4.69) is 5.10 Å². The number of carbonyl (C=O) groups is 2. The molecule has 10 heteroatoms. The summed E-state index contributed by atoms with van der Waals surface area (Å²) in [6, 6.07) is 17.4. The van der Waals surface area contributed by atoms with Gasteiger partial charge in [-0.1, -0.05) is 12.1 Å². The van der Waals surface area contributed by atoms with Crippen molar-refractivity contribution in [3.8, 4) is 5.75 Å². The van der Waals surface area contributed by atoms with E-state index in [1.807, 2.05) is 80.8 Å². The van der Waals surface area contributed by atoms with E-state index in [1.165, 1.54) is 0 Å². The topological polar surface area (TPSA) is 98.4 Å². The quantitative estimate of drug-likeness (QED) is 0.282. The predicted octanol–water partition coefficient (Wildman–Crippen LogP) is 5.00. The maximum absolute atomic E-state index is 13.9. The molecule has 0 atom stereocenters. The van der Waals surface area contributed by atoms with Crippen LogP contribution in [0.2, 0.25) is 0 Å². The normalized spacial score (nSPS) is 16.2. The van der Waals surface area contributed by atoms with Crippen LogP contribution in [-0.4, -0.2) is 72.1 Å². The van der Waals surface area contributed by atoms with Gasteiger partial charge in [0.2, 0.25) is 0 Å². The van der Waals surface area contributed by atoms with E-state index in [9.17, 15) is 9.59 Å². The Morgan fingerprint density at radius 3 is 2.42 bits per heavy atom. The molecule has 2 saturated heterocycles. The van der Waals surface area contributed by atoms with Gasteiger partial charge >= 0.3 is 0 Å². The highest BCUT2D eigenvalue weighted by Gasteiger charge is 2.28. The molecule has 0 unspecified atom stereocenters. The number of aromatic nitrogens is 5. The lowest BCUT2D eigenvalue weighted by Gasteiger charge is -2.32. The third-order valence-corrected chi connectivity index (χ3v) is 8.77. The molecule has 5 aromatic rings. The van der Waals surface area contributed by atoms with Gasteiger partial charge in [0.15, 0.2) is 0 Å². The minimum Gasteiger partial charge on any atom is -0.486 e. The smallest absolute Gasteiger partial charge is 0.272 e.